The maximum Gasteiger partial charge on any atom is 0.334 e. The molecule has 0 spiro atoms. The van der Waals surface area contributed by atoms with Crippen molar-refractivity contribution in [2.75, 3.05) is 40.3 Å². The van der Waals surface area contributed by atoms with Crippen LogP contribution in [0.1, 0.15) is 56.9 Å². The summed E-state index contributed by atoms with van der Waals surface area (Å²) in [5.41, 5.74) is -0.156. The van der Waals surface area contributed by atoms with Crippen LogP contribution >= 0.6 is 0 Å². The number of methoxy groups -OCH3 is 1. The molecule has 0 unspecified atom stereocenters. The zero-order chi connectivity index (χ0) is 31.0. The van der Waals surface area contributed by atoms with Gasteiger partial charge in [0.15, 0.2) is 17.2 Å². The van der Waals surface area contributed by atoms with Gasteiger partial charge in [0.25, 0.3) is 5.91 Å². The minimum absolute atomic E-state index is 0.0504. The number of unbranched alkanes of at least 4 members (excludes halogenated alkanes) is 1. The minimum Gasteiger partial charge on any atom is -0.493 e. The van der Waals surface area contributed by atoms with Crippen LogP contribution in [-0.2, 0) is 28.5 Å². The van der Waals surface area contributed by atoms with Crippen molar-refractivity contribution < 1.29 is 47.5 Å². The van der Waals surface area contributed by atoms with Crippen LogP contribution in [0.4, 0.5) is 0 Å². The summed E-state index contributed by atoms with van der Waals surface area (Å²) < 4.78 is 39.0. The number of amides is 1. The molecule has 1 N–H and O–H groups in total. The van der Waals surface area contributed by atoms with Crippen molar-refractivity contribution in [1.82, 2.24) is 10.3 Å². The molecule has 2 heterocycles. The molecule has 12 heteroatoms. The van der Waals surface area contributed by atoms with Gasteiger partial charge in [-0.1, -0.05) is 38.0 Å². The zero-order valence-electron chi connectivity index (χ0n) is 25.2. The van der Waals surface area contributed by atoms with Gasteiger partial charge in [0.05, 0.1) is 13.2 Å². The second-order valence-electron chi connectivity index (χ2n) is 9.90. The Morgan fingerprint density at radius 1 is 1.12 bits per heavy atom. The van der Waals surface area contributed by atoms with Crippen LogP contribution in [-0.4, -0.2) is 81.4 Å². The monoisotopic (exact) mass is 602 g/mol. The number of para-hydroxylation sites is 1. The van der Waals surface area contributed by atoms with Crippen LogP contribution < -0.4 is 19.5 Å². The molecule has 1 fully saturated rings. The molecule has 2 aromatic rings. The number of carbonyl (C=O) groups is 3. The first kappa shape index (κ1) is 33.6. The van der Waals surface area contributed by atoms with Crippen LogP contribution in [0.5, 0.6) is 17.2 Å². The Labute approximate surface area is 252 Å². The Bertz CT molecular complexity index is 1160. The normalized spacial score (nSPS) is 20.5. The Morgan fingerprint density at radius 2 is 1.91 bits per heavy atom. The van der Waals surface area contributed by atoms with Gasteiger partial charge in [0.2, 0.25) is 6.79 Å². The summed E-state index contributed by atoms with van der Waals surface area (Å²) in [5, 5.41) is 2.70. The number of benzene rings is 1. The van der Waals surface area contributed by atoms with Crippen molar-refractivity contribution >= 4 is 17.8 Å². The summed E-state index contributed by atoms with van der Waals surface area (Å²) in [5.74, 6) is -1.15. The number of nitrogens with zero attached hydrogens (tertiary/aromatic N) is 1. The number of cyclic esters (lactones) is 1. The predicted molar refractivity (Wildman–Crippen MR) is 155 cm³/mol. The van der Waals surface area contributed by atoms with E-state index in [-0.39, 0.29) is 48.8 Å². The second kappa shape index (κ2) is 17.9. The number of ether oxygens (including phenoxy) is 7. The van der Waals surface area contributed by atoms with Gasteiger partial charge < -0.3 is 38.5 Å². The highest BCUT2D eigenvalue weighted by atomic mass is 16.7. The summed E-state index contributed by atoms with van der Waals surface area (Å²) in [4.78, 5) is 42.6. The van der Waals surface area contributed by atoms with Crippen molar-refractivity contribution in [2.45, 2.75) is 64.7 Å². The zero-order valence-corrected chi connectivity index (χ0v) is 25.2. The van der Waals surface area contributed by atoms with Gasteiger partial charge in [-0.3, -0.25) is 4.79 Å². The van der Waals surface area contributed by atoms with Gasteiger partial charge in [0.1, 0.15) is 31.1 Å². The molecule has 0 aliphatic carbocycles. The number of hydrogen-bond donors (Lipinski definition) is 1. The quantitative estimate of drug-likeness (QED) is 0.236. The largest absolute Gasteiger partial charge is 0.493 e. The molecule has 43 heavy (non-hydrogen) atoms. The highest BCUT2D eigenvalue weighted by molar-refractivity contribution is 5.98. The summed E-state index contributed by atoms with van der Waals surface area (Å²) in [7, 11) is 1.40. The van der Waals surface area contributed by atoms with E-state index in [0.29, 0.717) is 13.2 Å². The van der Waals surface area contributed by atoms with Crippen LogP contribution in [0, 0.1) is 5.92 Å². The SMILES string of the molecule is CCCC[C@H]1[C@H](C)OC(=O)[C@@H](NC(=O)c2nccc(OC)c2OCOC(=O)COCC)CCO[C@@H]1COc1ccccc1. The lowest BCUT2D eigenvalue weighted by Crippen LogP contribution is -2.44. The fourth-order valence-corrected chi connectivity index (χ4v) is 4.59. The standard InChI is InChI=1S/C31H42N2O10/c1-5-7-13-23-21(3)43-31(36)24(15-17-39-26(23)18-40-22-11-9-8-10-12-22)33-30(35)28-29(25(37-4)14-16-32-28)42-20-41-27(34)19-38-6-2/h8-12,14,16,21,23-24,26H,5-7,13,15,17-20H2,1-4H3,(H,33,35)/t21-,23-,24-,26+/m0/s1. The van der Waals surface area contributed by atoms with Crippen LogP contribution in [0.3, 0.4) is 0 Å². The van der Waals surface area contributed by atoms with Crippen LogP contribution in [0.2, 0.25) is 0 Å². The van der Waals surface area contributed by atoms with E-state index in [4.69, 9.17) is 33.2 Å². The molecule has 1 aliphatic heterocycles. The Kier molecular flexibility index (Phi) is 14.0. The molecule has 12 nitrogen and oxygen atoms in total. The molecule has 4 atom stereocenters. The molecule has 1 aromatic carbocycles. The highest BCUT2D eigenvalue weighted by Gasteiger charge is 2.35. The smallest absolute Gasteiger partial charge is 0.334 e. The second-order valence-corrected chi connectivity index (χ2v) is 9.90. The van der Waals surface area contributed by atoms with Crippen molar-refractivity contribution in [3.63, 3.8) is 0 Å². The van der Waals surface area contributed by atoms with Crippen molar-refractivity contribution in [2.24, 2.45) is 5.92 Å². The first-order chi connectivity index (χ1) is 20.9. The third-order valence-electron chi connectivity index (χ3n) is 6.91. The van der Waals surface area contributed by atoms with Gasteiger partial charge in [-0.2, -0.15) is 0 Å². The molecule has 1 amide bonds. The van der Waals surface area contributed by atoms with Crippen molar-refractivity contribution in [1.29, 1.82) is 0 Å². The molecular formula is C31H42N2O10. The molecule has 0 saturated carbocycles. The molecule has 3 rings (SSSR count). The van der Waals surface area contributed by atoms with Crippen LogP contribution in [0.25, 0.3) is 0 Å². The maximum absolute atomic E-state index is 13.4. The molecule has 1 aromatic heterocycles. The number of pyridine rings is 1. The minimum atomic E-state index is -1.01. The van der Waals surface area contributed by atoms with Gasteiger partial charge in [-0.15, -0.1) is 0 Å². The first-order valence-corrected chi connectivity index (χ1v) is 14.6. The number of esters is 2. The molecule has 1 saturated heterocycles. The fourth-order valence-electron chi connectivity index (χ4n) is 4.59. The summed E-state index contributed by atoms with van der Waals surface area (Å²) >= 11 is 0. The van der Waals surface area contributed by atoms with Gasteiger partial charge in [-0.05, 0) is 32.4 Å². The van der Waals surface area contributed by atoms with Gasteiger partial charge in [0, 0.05) is 37.8 Å². The van der Waals surface area contributed by atoms with Crippen molar-refractivity contribution in [3.8, 4) is 17.2 Å². The lowest BCUT2D eigenvalue weighted by atomic mass is 9.91. The third-order valence-corrected chi connectivity index (χ3v) is 6.91. The Hall–Kier alpha value is -3.90. The third kappa shape index (κ3) is 10.4. The molecule has 0 bridgehead atoms. The Balaban J connectivity index is 1.71. The Morgan fingerprint density at radius 3 is 2.63 bits per heavy atom. The fraction of sp³-hybridized carbons (Fsp3) is 0.548. The average molecular weight is 603 g/mol. The van der Waals surface area contributed by atoms with E-state index in [9.17, 15) is 14.4 Å². The van der Waals surface area contributed by atoms with E-state index in [2.05, 4.69) is 17.2 Å². The van der Waals surface area contributed by atoms with E-state index < -0.39 is 36.8 Å². The first-order valence-electron chi connectivity index (χ1n) is 14.6. The molecular weight excluding hydrogens is 560 g/mol. The van der Waals surface area contributed by atoms with E-state index >= 15 is 0 Å². The average Bonchev–Trinajstić information content (AvgIpc) is 3.06. The predicted octanol–water partition coefficient (Wildman–Crippen LogP) is 3.71. The highest BCUT2D eigenvalue weighted by Crippen LogP contribution is 2.30. The lowest BCUT2D eigenvalue weighted by Gasteiger charge is -2.30. The van der Waals surface area contributed by atoms with E-state index in [0.717, 1.165) is 25.0 Å². The number of carbonyl (C=O) groups excluding carboxylic acids is 3. The summed E-state index contributed by atoms with van der Waals surface area (Å²) in [6.07, 6.45) is 3.41. The number of hydrogen-bond acceptors (Lipinski definition) is 11. The molecule has 1 aliphatic rings. The molecule has 0 radical (unpaired) electrons. The number of rotatable bonds is 15. The van der Waals surface area contributed by atoms with E-state index in [1.807, 2.05) is 37.3 Å². The van der Waals surface area contributed by atoms with Gasteiger partial charge in [-0.25, -0.2) is 14.6 Å². The lowest BCUT2D eigenvalue weighted by molar-refractivity contribution is -0.156. The summed E-state index contributed by atoms with van der Waals surface area (Å²) in [6.45, 7) is 5.78. The maximum atomic E-state index is 13.4. The summed E-state index contributed by atoms with van der Waals surface area (Å²) in [6, 6.07) is 9.94. The number of nitrogens with one attached hydrogen (secondary N) is 1. The number of aromatic nitrogens is 1. The topological polar surface area (TPSA) is 141 Å². The van der Waals surface area contributed by atoms with Crippen molar-refractivity contribution in [3.05, 3.63) is 48.3 Å². The van der Waals surface area contributed by atoms with E-state index in [1.54, 1.807) is 6.92 Å². The van der Waals surface area contributed by atoms with E-state index in [1.165, 1.54) is 19.4 Å². The van der Waals surface area contributed by atoms with Gasteiger partial charge >= 0.3 is 11.9 Å². The molecule has 236 valence electrons. The van der Waals surface area contributed by atoms with Crippen LogP contribution in [0.15, 0.2) is 42.6 Å².